The van der Waals surface area contributed by atoms with Gasteiger partial charge in [0.05, 0.1) is 0 Å². The van der Waals surface area contributed by atoms with Crippen LogP contribution in [-0.4, -0.2) is 45.7 Å². The van der Waals surface area contributed by atoms with Crippen molar-refractivity contribution in [3.8, 4) is 0 Å². The monoisotopic (exact) mass is 222 g/mol. The van der Waals surface area contributed by atoms with Crippen LogP contribution in [0.25, 0.3) is 10.3 Å². The molecule has 0 aromatic carbocycles. The average molecular weight is 222 g/mol. The van der Waals surface area contributed by atoms with E-state index in [1.54, 1.807) is 6.33 Å². The third kappa shape index (κ3) is 1.53. The standard InChI is InChI=1S/C8H10N6S/c1-3-14(4-2-9-1)7-6-8(11-5-10-7)15-13-12-6/h5,9H,1-4H2. The van der Waals surface area contributed by atoms with E-state index >= 15 is 0 Å². The van der Waals surface area contributed by atoms with Crippen LogP contribution in [0.2, 0.25) is 0 Å². The Balaban J connectivity index is 2.05. The molecule has 0 spiro atoms. The number of fused-ring (bicyclic) bond motifs is 1. The molecular weight excluding hydrogens is 212 g/mol. The van der Waals surface area contributed by atoms with Crippen molar-refractivity contribution >= 4 is 27.7 Å². The molecule has 3 heterocycles. The van der Waals surface area contributed by atoms with Crippen molar-refractivity contribution in [2.24, 2.45) is 0 Å². The van der Waals surface area contributed by atoms with Gasteiger partial charge in [-0.25, -0.2) is 9.97 Å². The van der Waals surface area contributed by atoms with Crippen LogP contribution in [0.4, 0.5) is 5.82 Å². The van der Waals surface area contributed by atoms with E-state index in [4.69, 9.17) is 0 Å². The van der Waals surface area contributed by atoms with E-state index in [0.717, 1.165) is 42.3 Å². The van der Waals surface area contributed by atoms with Crippen LogP contribution in [0.1, 0.15) is 0 Å². The Morgan fingerprint density at radius 1 is 1.27 bits per heavy atom. The summed E-state index contributed by atoms with van der Waals surface area (Å²) in [6.45, 7) is 3.90. The first-order chi connectivity index (χ1) is 7.45. The first kappa shape index (κ1) is 8.93. The van der Waals surface area contributed by atoms with E-state index in [-0.39, 0.29) is 0 Å². The van der Waals surface area contributed by atoms with Crippen LogP contribution >= 0.6 is 11.5 Å². The lowest BCUT2D eigenvalue weighted by atomic mass is 10.3. The van der Waals surface area contributed by atoms with Gasteiger partial charge in [0.15, 0.2) is 16.2 Å². The van der Waals surface area contributed by atoms with Crippen molar-refractivity contribution in [2.45, 2.75) is 0 Å². The number of aromatic nitrogens is 4. The lowest BCUT2D eigenvalue weighted by Gasteiger charge is -2.28. The van der Waals surface area contributed by atoms with Gasteiger partial charge in [0.2, 0.25) is 0 Å². The summed E-state index contributed by atoms with van der Waals surface area (Å²) < 4.78 is 3.90. The van der Waals surface area contributed by atoms with Gasteiger partial charge in [0.1, 0.15) is 6.33 Å². The largest absolute Gasteiger partial charge is 0.352 e. The van der Waals surface area contributed by atoms with E-state index in [1.807, 2.05) is 0 Å². The topological polar surface area (TPSA) is 66.8 Å². The first-order valence-electron chi connectivity index (χ1n) is 4.84. The van der Waals surface area contributed by atoms with Crippen molar-refractivity contribution in [1.29, 1.82) is 0 Å². The predicted octanol–water partition coefficient (Wildman–Crippen LogP) is -0.109. The minimum absolute atomic E-state index is 0.824. The van der Waals surface area contributed by atoms with Crippen LogP contribution in [-0.2, 0) is 0 Å². The van der Waals surface area contributed by atoms with Crippen molar-refractivity contribution in [3.05, 3.63) is 6.33 Å². The van der Waals surface area contributed by atoms with Gasteiger partial charge in [-0.15, -0.1) is 5.10 Å². The van der Waals surface area contributed by atoms with Crippen molar-refractivity contribution in [3.63, 3.8) is 0 Å². The van der Waals surface area contributed by atoms with Crippen LogP contribution in [0.3, 0.4) is 0 Å². The third-order valence-corrected chi connectivity index (χ3v) is 3.09. The van der Waals surface area contributed by atoms with Gasteiger partial charge in [-0.2, -0.15) is 0 Å². The van der Waals surface area contributed by atoms with Crippen molar-refractivity contribution in [1.82, 2.24) is 24.9 Å². The second kappa shape index (κ2) is 3.67. The van der Waals surface area contributed by atoms with Crippen LogP contribution in [0.5, 0.6) is 0 Å². The maximum Gasteiger partial charge on any atom is 0.169 e. The van der Waals surface area contributed by atoms with Gasteiger partial charge in [-0.3, -0.25) is 0 Å². The van der Waals surface area contributed by atoms with Crippen LogP contribution in [0, 0.1) is 0 Å². The molecule has 3 rings (SSSR count). The zero-order valence-electron chi connectivity index (χ0n) is 8.05. The molecule has 0 radical (unpaired) electrons. The highest BCUT2D eigenvalue weighted by Crippen LogP contribution is 2.22. The molecule has 0 unspecified atom stereocenters. The quantitative estimate of drug-likeness (QED) is 0.726. The SMILES string of the molecule is c1nc(N2CCNCC2)c2nnsc2n1. The molecule has 0 atom stereocenters. The summed E-state index contributed by atoms with van der Waals surface area (Å²) in [5.41, 5.74) is 0.824. The molecule has 1 aliphatic rings. The summed E-state index contributed by atoms with van der Waals surface area (Å²) in [5, 5.41) is 7.38. The Hall–Kier alpha value is -1.34. The zero-order chi connectivity index (χ0) is 10.1. The Labute approximate surface area is 90.5 Å². The third-order valence-electron chi connectivity index (χ3n) is 2.45. The highest BCUT2D eigenvalue weighted by atomic mass is 32.1. The highest BCUT2D eigenvalue weighted by Gasteiger charge is 2.16. The van der Waals surface area contributed by atoms with Gasteiger partial charge in [-0.05, 0) is 0 Å². The van der Waals surface area contributed by atoms with E-state index < -0.39 is 0 Å². The van der Waals surface area contributed by atoms with Crippen molar-refractivity contribution in [2.75, 3.05) is 31.1 Å². The number of rotatable bonds is 1. The summed E-state index contributed by atoms with van der Waals surface area (Å²) >= 11 is 1.31. The number of anilines is 1. The van der Waals surface area contributed by atoms with E-state index in [2.05, 4.69) is 29.8 Å². The average Bonchev–Trinajstić information content (AvgIpc) is 2.78. The van der Waals surface area contributed by atoms with Crippen molar-refractivity contribution < 1.29 is 0 Å². The zero-order valence-corrected chi connectivity index (χ0v) is 8.87. The molecule has 78 valence electrons. The molecule has 1 saturated heterocycles. The number of hydrogen-bond acceptors (Lipinski definition) is 7. The lowest BCUT2D eigenvalue weighted by molar-refractivity contribution is 0.585. The van der Waals surface area contributed by atoms with Crippen LogP contribution < -0.4 is 10.2 Å². The number of nitrogens with one attached hydrogen (secondary N) is 1. The number of piperazine rings is 1. The highest BCUT2D eigenvalue weighted by molar-refractivity contribution is 7.12. The minimum atomic E-state index is 0.824. The Bertz CT molecular complexity index is 463. The summed E-state index contributed by atoms with van der Waals surface area (Å²) in [6, 6.07) is 0. The summed E-state index contributed by atoms with van der Waals surface area (Å²) in [7, 11) is 0. The normalized spacial score (nSPS) is 17.2. The molecule has 0 bridgehead atoms. The fourth-order valence-electron chi connectivity index (χ4n) is 1.72. The Kier molecular flexibility index (Phi) is 2.18. The van der Waals surface area contributed by atoms with E-state index in [1.165, 1.54) is 11.5 Å². The number of hydrogen-bond donors (Lipinski definition) is 1. The maximum atomic E-state index is 4.29. The smallest absolute Gasteiger partial charge is 0.169 e. The predicted molar refractivity (Wildman–Crippen MR) is 58.1 cm³/mol. The molecule has 7 heteroatoms. The Morgan fingerprint density at radius 2 is 2.13 bits per heavy atom. The van der Waals surface area contributed by atoms with Crippen LogP contribution in [0.15, 0.2) is 6.33 Å². The molecule has 2 aromatic rings. The lowest BCUT2D eigenvalue weighted by Crippen LogP contribution is -2.44. The van der Waals surface area contributed by atoms with Gasteiger partial charge < -0.3 is 10.2 Å². The Morgan fingerprint density at radius 3 is 3.00 bits per heavy atom. The van der Waals surface area contributed by atoms with Gasteiger partial charge in [0.25, 0.3) is 0 Å². The minimum Gasteiger partial charge on any atom is -0.352 e. The van der Waals surface area contributed by atoms with E-state index in [9.17, 15) is 0 Å². The number of nitrogens with zero attached hydrogens (tertiary/aromatic N) is 5. The second-order valence-corrected chi connectivity index (χ2v) is 4.09. The fraction of sp³-hybridized carbons (Fsp3) is 0.500. The summed E-state index contributed by atoms with van der Waals surface area (Å²) in [5.74, 6) is 0.912. The van der Waals surface area contributed by atoms with Gasteiger partial charge >= 0.3 is 0 Å². The molecule has 1 aliphatic heterocycles. The molecule has 0 saturated carbocycles. The molecule has 0 amide bonds. The molecule has 2 aromatic heterocycles. The summed E-state index contributed by atoms with van der Waals surface area (Å²) in [4.78, 5) is 11.5. The van der Waals surface area contributed by atoms with Gasteiger partial charge in [0, 0.05) is 37.7 Å². The summed E-state index contributed by atoms with van der Waals surface area (Å²) in [6.07, 6.45) is 1.58. The second-order valence-electron chi connectivity index (χ2n) is 3.36. The molecule has 6 nitrogen and oxygen atoms in total. The molecule has 1 fully saturated rings. The first-order valence-corrected chi connectivity index (χ1v) is 5.61. The fourth-order valence-corrected chi connectivity index (χ4v) is 2.23. The van der Waals surface area contributed by atoms with Gasteiger partial charge in [-0.1, -0.05) is 4.49 Å². The molecule has 1 N–H and O–H groups in total. The maximum absolute atomic E-state index is 4.29. The molecule has 15 heavy (non-hydrogen) atoms. The molecule has 0 aliphatic carbocycles. The molecular formula is C8H10N6S. The van der Waals surface area contributed by atoms with E-state index in [0.29, 0.717) is 0 Å².